The van der Waals surface area contributed by atoms with Gasteiger partial charge in [-0.2, -0.15) is 0 Å². The smallest absolute Gasteiger partial charge is 0.222 e. The molecule has 2 aliphatic heterocycles. The van der Waals surface area contributed by atoms with E-state index in [1.165, 1.54) is 12.8 Å². The Hall–Kier alpha value is -1.26. The summed E-state index contributed by atoms with van der Waals surface area (Å²) < 4.78 is 0. The van der Waals surface area contributed by atoms with Crippen molar-refractivity contribution in [3.05, 3.63) is 29.3 Å². The maximum absolute atomic E-state index is 12.3. The molecule has 120 valence electrons. The maximum atomic E-state index is 12.3. The van der Waals surface area contributed by atoms with Crippen LogP contribution >= 0.6 is 11.6 Å². The second-order valence-electron chi connectivity index (χ2n) is 6.15. The number of anilines is 1. The average Bonchev–Trinajstić information content (AvgIpc) is 3.07. The van der Waals surface area contributed by atoms with Crippen molar-refractivity contribution in [1.82, 2.24) is 10.2 Å². The first-order valence-corrected chi connectivity index (χ1v) is 8.62. The molecule has 1 amide bonds. The van der Waals surface area contributed by atoms with Crippen LogP contribution in [0.2, 0.25) is 5.02 Å². The Morgan fingerprint density at radius 3 is 2.68 bits per heavy atom. The van der Waals surface area contributed by atoms with E-state index in [0.29, 0.717) is 18.4 Å². The van der Waals surface area contributed by atoms with Crippen LogP contribution < -0.4 is 10.2 Å². The summed E-state index contributed by atoms with van der Waals surface area (Å²) in [4.78, 5) is 16.6. The third-order valence-corrected chi connectivity index (χ3v) is 5.01. The Labute approximate surface area is 137 Å². The third kappa shape index (κ3) is 3.73. The van der Waals surface area contributed by atoms with Gasteiger partial charge in [0.2, 0.25) is 5.91 Å². The molecule has 1 unspecified atom stereocenters. The van der Waals surface area contributed by atoms with Gasteiger partial charge in [0.15, 0.2) is 0 Å². The standard InChI is InChI=1S/C17H24ClN3O/c18-15-5-1-2-6-16(15)20-10-12-21(13-11-20)17(22)8-7-14-4-3-9-19-14/h1-2,5-6,14,19H,3-4,7-13H2. The van der Waals surface area contributed by atoms with E-state index in [4.69, 9.17) is 11.6 Å². The molecule has 0 spiro atoms. The molecular weight excluding hydrogens is 298 g/mol. The number of halogens is 1. The number of para-hydroxylation sites is 1. The first kappa shape index (κ1) is 15.6. The topological polar surface area (TPSA) is 35.6 Å². The van der Waals surface area contributed by atoms with Crippen LogP contribution in [-0.4, -0.2) is 49.6 Å². The molecule has 0 radical (unpaired) electrons. The van der Waals surface area contributed by atoms with Crippen LogP contribution in [0.25, 0.3) is 0 Å². The number of benzene rings is 1. The van der Waals surface area contributed by atoms with Gasteiger partial charge in [0.25, 0.3) is 0 Å². The number of nitrogens with one attached hydrogen (secondary N) is 1. The first-order valence-electron chi connectivity index (χ1n) is 8.24. The summed E-state index contributed by atoms with van der Waals surface area (Å²) >= 11 is 6.25. The summed E-state index contributed by atoms with van der Waals surface area (Å²) in [5, 5.41) is 4.24. The predicted molar refractivity (Wildman–Crippen MR) is 90.5 cm³/mol. The van der Waals surface area contributed by atoms with Gasteiger partial charge in [-0.3, -0.25) is 4.79 Å². The second-order valence-corrected chi connectivity index (χ2v) is 6.56. The maximum Gasteiger partial charge on any atom is 0.222 e. The second kappa shape index (κ2) is 7.34. The fourth-order valence-electron chi connectivity index (χ4n) is 3.36. The quantitative estimate of drug-likeness (QED) is 0.925. The van der Waals surface area contributed by atoms with Crippen molar-refractivity contribution in [2.75, 3.05) is 37.6 Å². The van der Waals surface area contributed by atoms with Crippen molar-refractivity contribution in [2.45, 2.75) is 31.7 Å². The van der Waals surface area contributed by atoms with Crippen LogP contribution in [0.3, 0.4) is 0 Å². The van der Waals surface area contributed by atoms with Gasteiger partial charge < -0.3 is 15.1 Å². The molecule has 3 rings (SSSR count). The number of piperazine rings is 1. The zero-order valence-corrected chi connectivity index (χ0v) is 13.7. The van der Waals surface area contributed by atoms with Gasteiger partial charge in [0.05, 0.1) is 10.7 Å². The number of nitrogens with zero attached hydrogens (tertiary/aromatic N) is 2. The number of carbonyl (C=O) groups excluding carboxylic acids is 1. The van der Waals surface area contributed by atoms with Crippen LogP contribution in [0, 0.1) is 0 Å². The molecule has 1 aromatic carbocycles. The summed E-state index contributed by atoms with van der Waals surface area (Å²) in [6.07, 6.45) is 4.11. The molecule has 1 N–H and O–H groups in total. The molecule has 0 aromatic heterocycles. The number of carbonyl (C=O) groups is 1. The lowest BCUT2D eigenvalue weighted by molar-refractivity contribution is -0.131. The summed E-state index contributed by atoms with van der Waals surface area (Å²) in [6.45, 7) is 4.41. The molecule has 1 aromatic rings. The largest absolute Gasteiger partial charge is 0.367 e. The minimum atomic E-state index is 0.299. The number of rotatable bonds is 4. The van der Waals surface area contributed by atoms with Gasteiger partial charge in [0.1, 0.15) is 0 Å². The number of hydrogen-bond donors (Lipinski definition) is 1. The zero-order chi connectivity index (χ0) is 15.4. The first-order chi connectivity index (χ1) is 10.7. The van der Waals surface area contributed by atoms with E-state index in [-0.39, 0.29) is 0 Å². The number of hydrogen-bond acceptors (Lipinski definition) is 3. The zero-order valence-electron chi connectivity index (χ0n) is 12.9. The van der Waals surface area contributed by atoms with E-state index < -0.39 is 0 Å². The van der Waals surface area contributed by atoms with E-state index in [0.717, 1.165) is 49.9 Å². The monoisotopic (exact) mass is 321 g/mol. The van der Waals surface area contributed by atoms with Gasteiger partial charge in [-0.1, -0.05) is 23.7 Å². The van der Waals surface area contributed by atoms with Crippen molar-refractivity contribution in [2.24, 2.45) is 0 Å². The molecule has 0 aliphatic carbocycles. The van der Waals surface area contributed by atoms with Crippen LogP contribution in [0.5, 0.6) is 0 Å². The molecule has 2 fully saturated rings. The van der Waals surface area contributed by atoms with Crippen LogP contribution in [-0.2, 0) is 4.79 Å². The van der Waals surface area contributed by atoms with E-state index in [2.05, 4.69) is 10.2 Å². The number of amides is 1. The molecular formula is C17H24ClN3O. The molecule has 22 heavy (non-hydrogen) atoms. The summed E-state index contributed by atoms with van der Waals surface area (Å²) in [6, 6.07) is 8.47. The van der Waals surface area contributed by atoms with Crippen molar-refractivity contribution in [1.29, 1.82) is 0 Å². The molecule has 2 heterocycles. The molecule has 0 saturated carbocycles. The fourth-order valence-corrected chi connectivity index (χ4v) is 3.62. The fraction of sp³-hybridized carbons (Fsp3) is 0.588. The lowest BCUT2D eigenvalue weighted by Crippen LogP contribution is -2.49. The highest BCUT2D eigenvalue weighted by atomic mass is 35.5. The highest BCUT2D eigenvalue weighted by molar-refractivity contribution is 6.33. The van der Waals surface area contributed by atoms with E-state index in [9.17, 15) is 4.79 Å². The predicted octanol–water partition coefficient (Wildman–Crippen LogP) is 2.52. The van der Waals surface area contributed by atoms with E-state index in [1.54, 1.807) is 0 Å². The molecule has 1 atom stereocenters. The van der Waals surface area contributed by atoms with Crippen molar-refractivity contribution in [3.8, 4) is 0 Å². The van der Waals surface area contributed by atoms with E-state index in [1.807, 2.05) is 29.2 Å². The van der Waals surface area contributed by atoms with Crippen molar-refractivity contribution >= 4 is 23.2 Å². The third-order valence-electron chi connectivity index (χ3n) is 4.69. The van der Waals surface area contributed by atoms with Gasteiger partial charge in [-0.05, 0) is 37.9 Å². The Kier molecular flexibility index (Phi) is 5.21. The van der Waals surface area contributed by atoms with Crippen molar-refractivity contribution in [3.63, 3.8) is 0 Å². The molecule has 5 heteroatoms. The Morgan fingerprint density at radius 1 is 1.23 bits per heavy atom. The molecule has 2 saturated heterocycles. The Bertz CT molecular complexity index is 508. The highest BCUT2D eigenvalue weighted by Crippen LogP contribution is 2.26. The average molecular weight is 322 g/mol. The van der Waals surface area contributed by atoms with Crippen molar-refractivity contribution < 1.29 is 4.79 Å². The van der Waals surface area contributed by atoms with Crippen LogP contribution in [0.15, 0.2) is 24.3 Å². The minimum absolute atomic E-state index is 0.299. The van der Waals surface area contributed by atoms with Crippen LogP contribution in [0.1, 0.15) is 25.7 Å². The van der Waals surface area contributed by atoms with Gasteiger partial charge in [-0.25, -0.2) is 0 Å². The summed E-state index contributed by atoms with van der Waals surface area (Å²) in [5.41, 5.74) is 1.08. The molecule has 4 nitrogen and oxygen atoms in total. The van der Waals surface area contributed by atoms with E-state index >= 15 is 0 Å². The highest BCUT2D eigenvalue weighted by Gasteiger charge is 2.23. The summed E-state index contributed by atoms with van der Waals surface area (Å²) in [5.74, 6) is 0.299. The SMILES string of the molecule is O=C(CCC1CCCN1)N1CCN(c2ccccc2Cl)CC1. The molecule has 2 aliphatic rings. The minimum Gasteiger partial charge on any atom is -0.367 e. The summed E-state index contributed by atoms with van der Waals surface area (Å²) in [7, 11) is 0. The normalized spacial score (nSPS) is 22.1. The lowest BCUT2D eigenvalue weighted by atomic mass is 10.1. The Morgan fingerprint density at radius 2 is 2.00 bits per heavy atom. The van der Waals surface area contributed by atoms with Crippen LogP contribution in [0.4, 0.5) is 5.69 Å². The van der Waals surface area contributed by atoms with Gasteiger partial charge in [-0.15, -0.1) is 0 Å². The van der Waals surface area contributed by atoms with Gasteiger partial charge in [0, 0.05) is 38.6 Å². The van der Waals surface area contributed by atoms with Gasteiger partial charge >= 0.3 is 0 Å². The lowest BCUT2D eigenvalue weighted by Gasteiger charge is -2.36. The molecule has 0 bridgehead atoms. The Balaban J connectivity index is 1.46.